The predicted molar refractivity (Wildman–Crippen MR) is 213 cm³/mol. The molecule has 3 atom stereocenters. The smallest absolute Gasteiger partial charge is 0.0365 e. The third-order valence-electron chi connectivity index (χ3n) is 10.0. The fraction of sp³-hybridized carbons (Fsp3) is 0.395. The van der Waals surface area contributed by atoms with Crippen molar-refractivity contribution < 1.29 is 30.6 Å². The zero-order chi connectivity index (χ0) is 37.8. The number of hydrogen-bond acceptors (Lipinski definition) is 12. The summed E-state index contributed by atoms with van der Waals surface area (Å²) >= 11 is -3.34. The van der Waals surface area contributed by atoms with Crippen LogP contribution >= 0.6 is 19.8 Å². The van der Waals surface area contributed by atoms with Gasteiger partial charge in [0.25, 0.3) is 0 Å². The number of anilines is 3. The molecule has 4 aromatic rings. The molecular formula is C38H44IN7O7S. The number of pyridine rings is 1. The molecule has 286 valence electrons. The minimum absolute atomic E-state index is 0.162. The Morgan fingerprint density at radius 1 is 0.926 bits per heavy atom. The second-order valence-electron chi connectivity index (χ2n) is 13.8. The number of unbranched alkanes of at least 4 members (excludes halogenated alkanes) is 3. The predicted octanol–water partition coefficient (Wildman–Crippen LogP) is 4.67. The van der Waals surface area contributed by atoms with Crippen molar-refractivity contribution in [2.75, 3.05) is 55.8 Å². The number of nitrogens with one attached hydrogen (secondary N) is 2. The van der Waals surface area contributed by atoms with Crippen LogP contribution in [0.2, 0.25) is 0 Å². The van der Waals surface area contributed by atoms with Crippen LogP contribution in [0.25, 0.3) is 16.9 Å². The summed E-state index contributed by atoms with van der Waals surface area (Å²) in [6.07, 6.45) is 6.83. The molecule has 16 heteroatoms. The normalized spacial score (nSPS) is 21.6. The van der Waals surface area contributed by atoms with Gasteiger partial charge >= 0.3 is 172 Å². The van der Waals surface area contributed by atoms with E-state index in [0.717, 1.165) is 81.0 Å². The minimum atomic E-state index is -3.34. The van der Waals surface area contributed by atoms with Crippen LogP contribution in [0.15, 0.2) is 81.5 Å². The summed E-state index contributed by atoms with van der Waals surface area (Å²) in [4.78, 5) is 46.0. The summed E-state index contributed by atoms with van der Waals surface area (Å²) in [6, 6.07) is 20.7. The number of piperidine rings is 1. The standard InChI is InChI=1S/C38H44IN7O7S/c1-54(51,52)29-15-9-26(10-16-29)31-7-6-8-34-41-38(43-46(31)34)40-27-11-13-28(14-12-27)45-22-20-44(21-23-45)19-4-2-3-5-24-53-33-25-32(47)36(39(33)50)30-17-18-35(48)42-37(30)49/h6-16,25,30,36,39H,2-5,17-24H2,1H3,(H,40,43)(H,42,48,49). The van der Waals surface area contributed by atoms with Gasteiger partial charge in [0.15, 0.2) is 15.5 Å². The molecule has 7 rings (SSSR count). The SMILES string of the molecule is CS(=O)(=O)c1ccc(-c2cccc3nc(Nc4ccc(N5CCN(CCCCCCOC6=CC(=O)C(C7CCC(=O)NC7=O)[IH]6=O)CC5)cc4)nn23)cc1. The number of fused-ring (bicyclic) bond motifs is 1. The first-order chi connectivity index (χ1) is 26.0. The van der Waals surface area contributed by atoms with E-state index in [1.807, 2.05) is 30.3 Å². The van der Waals surface area contributed by atoms with Crippen molar-refractivity contribution in [3.63, 3.8) is 0 Å². The first-order valence-corrected chi connectivity index (χ1v) is 23.5. The van der Waals surface area contributed by atoms with Gasteiger partial charge in [0.2, 0.25) is 5.95 Å². The quantitative estimate of drug-likeness (QED) is 0.0778. The second-order valence-corrected chi connectivity index (χ2v) is 20.1. The summed E-state index contributed by atoms with van der Waals surface area (Å²) in [5.74, 6) is -1.41. The number of carbonyl (C=O) groups excluding carboxylic acids is 3. The molecule has 2 N–H and O–H groups in total. The summed E-state index contributed by atoms with van der Waals surface area (Å²) < 4.78 is 43.7. The van der Waals surface area contributed by atoms with Crippen molar-refractivity contribution in [3.8, 4) is 11.3 Å². The number of sulfone groups is 1. The number of hydrogen-bond donors (Lipinski definition) is 2. The van der Waals surface area contributed by atoms with Gasteiger partial charge in [0.05, 0.1) is 10.6 Å². The summed E-state index contributed by atoms with van der Waals surface area (Å²) in [6.45, 7) is 5.28. The van der Waals surface area contributed by atoms with Gasteiger partial charge in [-0.2, -0.15) is 4.98 Å². The van der Waals surface area contributed by atoms with Gasteiger partial charge in [-0.15, -0.1) is 5.10 Å². The molecule has 2 aromatic carbocycles. The van der Waals surface area contributed by atoms with E-state index >= 15 is 0 Å². The molecule has 0 bridgehead atoms. The number of aromatic nitrogens is 3. The average Bonchev–Trinajstić information content (AvgIpc) is 3.70. The van der Waals surface area contributed by atoms with Gasteiger partial charge in [-0.25, -0.2) is 12.9 Å². The van der Waals surface area contributed by atoms with Crippen molar-refractivity contribution >= 4 is 70.2 Å². The molecule has 0 spiro atoms. The van der Waals surface area contributed by atoms with Crippen LogP contribution in [0.1, 0.15) is 38.5 Å². The number of carbonyl (C=O) groups is 3. The fourth-order valence-corrected chi connectivity index (χ4v) is 12.0. The molecule has 0 aliphatic carbocycles. The number of amides is 2. The Labute approximate surface area is 321 Å². The van der Waals surface area contributed by atoms with E-state index < -0.39 is 45.4 Å². The molecule has 2 amide bonds. The van der Waals surface area contributed by atoms with Crippen molar-refractivity contribution in [2.45, 2.75) is 47.3 Å². The molecule has 5 heterocycles. The molecule has 2 saturated heterocycles. The van der Waals surface area contributed by atoms with Crippen molar-refractivity contribution in [1.82, 2.24) is 24.8 Å². The summed E-state index contributed by atoms with van der Waals surface area (Å²) in [5, 5.41) is 10.2. The van der Waals surface area contributed by atoms with Gasteiger partial charge in [0.1, 0.15) is 0 Å². The third-order valence-corrected chi connectivity index (χ3v) is 15.9. The monoisotopic (exact) mass is 869 g/mol. The van der Waals surface area contributed by atoms with Crippen molar-refractivity contribution in [2.24, 2.45) is 5.92 Å². The summed E-state index contributed by atoms with van der Waals surface area (Å²) in [5.41, 5.74) is 4.34. The van der Waals surface area contributed by atoms with Crippen LogP contribution < -0.4 is 15.5 Å². The Morgan fingerprint density at radius 3 is 2.39 bits per heavy atom. The van der Waals surface area contributed by atoms with Crippen molar-refractivity contribution in [1.29, 1.82) is 0 Å². The Hall–Kier alpha value is -4.55. The number of ether oxygens (including phenoxy) is 1. The van der Waals surface area contributed by atoms with Crippen LogP contribution in [-0.2, 0) is 32.0 Å². The Morgan fingerprint density at radius 2 is 1.67 bits per heavy atom. The van der Waals surface area contributed by atoms with E-state index in [4.69, 9.17) is 4.74 Å². The molecule has 3 aliphatic rings. The molecule has 2 aromatic heterocycles. The van der Waals surface area contributed by atoms with E-state index in [9.17, 15) is 25.9 Å². The zero-order valence-electron chi connectivity index (χ0n) is 30.0. The number of rotatable bonds is 14. The van der Waals surface area contributed by atoms with E-state index in [-0.39, 0.29) is 33.2 Å². The second kappa shape index (κ2) is 16.4. The number of imide groups is 1. The molecule has 3 aliphatic heterocycles. The zero-order valence-corrected chi connectivity index (χ0v) is 33.1. The maximum atomic E-state index is 13.0. The van der Waals surface area contributed by atoms with Crippen LogP contribution in [0.4, 0.5) is 17.3 Å². The van der Waals surface area contributed by atoms with Crippen molar-refractivity contribution in [3.05, 3.63) is 76.6 Å². The fourth-order valence-electron chi connectivity index (χ4n) is 7.06. The summed E-state index contributed by atoms with van der Waals surface area (Å²) in [7, 11) is -3.28. The number of ketones is 1. The third kappa shape index (κ3) is 8.70. The maximum Gasteiger partial charge on any atom is -0.0365 e. The van der Waals surface area contributed by atoms with Gasteiger partial charge in [0, 0.05) is 23.2 Å². The first-order valence-electron chi connectivity index (χ1n) is 18.2. The van der Waals surface area contributed by atoms with Crippen LogP contribution in [0.3, 0.4) is 0 Å². The van der Waals surface area contributed by atoms with E-state index in [2.05, 4.69) is 42.6 Å². The molecule has 14 nitrogen and oxygen atoms in total. The van der Waals surface area contributed by atoms with Gasteiger partial charge < -0.3 is 5.32 Å². The van der Waals surface area contributed by atoms with Gasteiger partial charge in [-0.3, -0.25) is 0 Å². The van der Waals surface area contributed by atoms with Crippen LogP contribution in [-0.4, -0.2) is 95.0 Å². The minimum Gasteiger partial charge on any atom is -0.211 e. The van der Waals surface area contributed by atoms with Crippen LogP contribution in [0.5, 0.6) is 0 Å². The van der Waals surface area contributed by atoms with E-state index in [0.29, 0.717) is 18.2 Å². The Bertz CT molecular complexity index is 2200. The molecular weight excluding hydrogens is 825 g/mol. The average molecular weight is 870 g/mol. The molecule has 0 saturated carbocycles. The molecule has 2 fully saturated rings. The Kier molecular flexibility index (Phi) is 11.5. The number of nitrogens with zero attached hydrogens (tertiary/aromatic N) is 5. The van der Waals surface area contributed by atoms with Crippen LogP contribution in [0, 0.1) is 5.92 Å². The number of piperazine rings is 1. The Balaban J connectivity index is 0.808. The molecule has 3 unspecified atom stereocenters. The largest absolute Gasteiger partial charge is 0.211 e. The number of benzene rings is 2. The molecule has 0 radical (unpaired) electrons. The first kappa shape index (κ1) is 37.8. The van der Waals surface area contributed by atoms with Gasteiger partial charge in [-0.05, 0) is 48.5 Å². The van der Waals surface area contributed by atoms with E-state index in [1.54, 1.807) is 28.8 Å². The number of halogens is 1. The number of alkyl halides is 1. The maximum absolute atomic E-state index is 13.0. The molecule has 54 heavy (non-hydrogen) atoms. The number of allylic oxidation sites excluding steroid dienone is 1. The topological polar surface area (TPSA) is 172 Å². The van der Waals surface area contributed by atoms with E-state index in [1.165, 1.54) is 12.3 Å². The van der Waals surface area contributed by atoms with Gasteiger partial charge in [-0.1, -0.05) is 18.2 Å².